The van der Waals surface area contributed by atoms with E-state index >= 15 is 0 Å². The lowest BCUT2D eigenvalue weighted by molar-refractivity contribution is 0.630. The fraction of sp³-hybridized carbons (Fsp3) is 0.273. The van der Waals surface area contributed by atoms with E-state index < -0.39 is 0 Å². The number of tetrazole rings is 1. The van der Waals surface area contributed by atoms with Crippen LogP contribution in [0.25, 0.3) is 0 Å². The molecule has 2 aromatic rings. The fourth-order valence-corrected chi connectivity index (χ4v) is 1.45. The monoisotopic (exact) mass is 215 g/mol. The fourth-order valence-electron chi connectivity index (χ4n) is 1.45. The van der Waals surface area contributed by atoms with Gasteiger partial charge in [0.05, 0.1) is 6.54 Å². The lowest BCUT2D eigenvalue weighted by Gasteiger charge is -2.05. The SMILES string of the molecule is C/C=C(\Cc1ccccn1)Cn1cnnn1. The van der Waals surface area contributed by atoms with Crippen LogP contribution in [0.5, 0.6) is 0 Å². The van der Waals surface area contributed by atoms with Gasteiger partial charge < -0.3 is 0 Å². The predicted molar refractivity (Wildman–Crippen MR) is 59.5 cm³/mol. The van der Waals surface area contributed by atoms with Gasteiger partial charge in [-0.3, -0.25) is 4.98 Å². The van der Waals surface area contributed by atoms with Crippen molar-refractivity contribution in [1.82, 2.24) is 25.2 Å². The maximum atomic E-state index is 4.29. The number of nitrogens with zero attached hydrogens (tertiary/aromatic N) is 5. The maximum absolute atomic E-state index is 4.29. The largest absolute Gasteiger partial charge is 0.261 e. The molecule has 0 atom stereocenters. The summed E-state index contributed by atoms with van der Waals surface area (Å²) in [6, 6.07) is 5.93. The first-order valence-electron chi connectivity index (χ1n) is 5.13. The number of pyridine rings is 1. The first-order valence-corrected chi connectivity index (χ1v) is 5.13. The standard InChI is InChI=1S/C11H13N5/c1-2-10(8-16-9-13-14-15-16)7-11-5-3-4-6-12-11/h2-6,9H,7-8H2,1H3/b10-2+. The van der Waals surface area contributed by atoms with E-state index in [4.69, 9.17) is 0 Å². The van der Waals surface area contributed by atoms with Gasteiger partial charge in [0, 0.05) is 18.3 Å². The highest BCUT2D eigenvalue weighted by molar-refractivity contribution is 5.14. The van der Waals surface area contributed by atoms with Gasteiger partial charge in [-0.1, -0.05) is 12.1 Å². The van der Waals surface area contributed by atoms with Gasteiger partial charge in [0.2, 0.25) is 0 Å². The number of hydrogen-bond acceptors (Lipinski definition) is 4. The third-order valence-corrected chi connectivity index (χ3v) is 2.30. The molecule has 0 saturated heterocycles. The summed E-state index contributed by atoms with van der Waals surface area (Å²) >= 11 is 0. The van der Waals surface area contributed by atoms with Crippen LogP contribution in [0, 0.1) is 0 Å². The minimum atomic E-state index is 0.708. The minimum absolute atomic E-state index is 0.708. The highest BCUT2D eigenvalue weighted by atomic mass is 15.5. The van der Waals surface area contributed by atoms with Crippen molar-refractivity contribution in [1.29, 1.82) is 0 Å². The Bertz CT molecular complexity index is 446. The molecule has 0 saturated carbocycles. The quantitative estimate of drug-likeness (QED) is 0.720. The van der Waals surface area contributed by atoms with Crippen LogP contribution in [0.4, 0.5) is 0 Å². The van der Waals surface area contributed by atoms with Crippen LogP contribution in [-0.2, 0) is 13.0 Å². The van der Waals surface area contributed by atoms with Gasteiger partial charge >= 0.3 is 0 Å². The number of rotatable bonds is 4. The molecule has 0 fully saturated rings. The van der Waals surface area contributed by atoms with Crippen molar-refractivity contribution in [2.45, 2.75) is 19.9 Å². The second-order valence-corrected chi connectivity index (χ2v) is 3.45. The van der Waals surface area contributed by atoms with Crippen LogP contribution in [0.15, 0.2) is 42.4 Å². The summed E-state index contributed by atoms with van der Waals surface area (Å²) in [5.74, 6) is 0. The molecule has 16 heavy (non-hydrogen) atoms. The van der Waals surface area contributed by atoms with Crippen molar-refractivity contribution in [2.24, 2.45) is 0 Å². The summed E-state index contributed by atoms with van der Waals surface area (Å²) in [6.45, 7) is 2.72. The summed E-state index contributed by atoms with van der Waals surface area (Å²) in [4.78, 5) is 4.29. The van der Waals surface area contributed by atoms with Crippen LogP contribution < -0.4 is 0 Å². The molecular formula is C11H13N5. The summed E-state index contributed by atoms with van der Waals surface area (Å²) in [5, 5.41) is 11.1. The Morgan fingerprint density at radius 1 is 1.44 bits per heavy atom. The van der Waals surface area contributed by atoms with E-state index in [1.807, 2.05) is 25.1 Å². The van der Waals surface area contributed by atoms with Crippen molar-refractivity contribution in [3.63, 3.8) is 0 Å². The molecule has 2 aromatic heterocycles. The second kappa shape index (κ2) is 5.16. The van der Waals surface area contributed by atoms with Gasteiger partial charge in [-0.25, -0.2) is 4.68 Å². The summed E-state index contributed by atoms with van der Waals surface area (Å²) < 4.78 is 1.71. The van der Waals surface area contributed by atoms with E-state index in [1.165, 1.54) is 5.57 Å². The molecule has 0 unspecified atom stereocenters. The van der Waals surface area contributed by atoms with Crippen molar-refractivity contribution in [3.05, 3.63) is 48.1 Å². The zero-order valence-electron chi connectivity index (χ0n) is 9.11. The highest BCUT2D eigenvalue weighted by Gasteiger charge is 2.01. The number of allylic oxidation sites excluding steroid dienone is 2. The van der Waals surface area contributed by atoms with E-state index in [1.54, 1.807) is 17.2 Å². The Hall–Kier alpha value is -2.04. The third-order valence-electron chi connectivity index (χ3n) is 2.30. The average Bonchev–Trinajstić information content (AvgIpc) is 2.82. The first kappa shape index (κ1) is 10.5. The Kier molecular flexibility index (Phi) is 3.38. The minimum Gasteiger partial charge on any atom is -0.261 e. The molecular weight excluding hydrogens is 202 g/mol. The van der Waals surface area contributed by atoms with Gasteiger partial charge in [0.15, 0.2) is 0 Å². The van der Waals surface area contributed by atoms with E-state index in [9.17, 15) is 0 Å². The molecule has 0 aliphatic heterocycles. The van der Waals surface area contributed by atoms with Gasteiger partial charge in [0.25, 0.3) is 0 Å². The molecule has 5 nitrogen and oxygen atoms in total. The zero-order valence-corrected chi connectivity index (χ0v) is 9.11. The Morgan fingerprint density at radius 3 is 3.00 bits per heavy atom. The number of aromatic nitrogens is 5. The predicted octanol–water partition coefficient (Wildman–Crippen LogP) is 1.26. The molecule has 0 aliphatic carbocycles. The maximum Gasteiger partial charge on any atom is 0.138 e. The average molecular weight is 215 g/mol. The lowest BCUT2D eigenvalue weighted by atomic mass is 10.1. The molecule has 0 aliphatic rings. The summed E-state index contributed by atoms with van der Waals surface area (Å²) in [5.41, 5.74) is 2.30. The van der Waals surface area contributed by atoms with Gasteiger partial charge in [0.1, 0.15) is 6.33 Å². The van der Waals surface area contributed by atoms with Crippen LogP contribution in [0.2, 0.25) is 0 Å². The summed E-state index contributed by atoms with van der Waals surface area (Å²) in [6.07, 6.45) is 6.33. The lowest BCUT2D eigenvalue weighted by Crippen LogP contribution is -2.05. The Labute approximate surface area is 93.8 Å². The van der Waals surface area contributed by atoms with Gasteiger partial charge in [-0.05, 0) is 35.1 Å². The molecule has 82 valence electrons. The molecule has 0 bridgehead atoms. The molecule has 5 heteroatoms. The molecule has 0 N–H and O–H groups in total. The topological polar surface area (TPSA) is 56.5 Å². The van der Waals surface area contributed by atoms with Gasteiger partial charge in [-0.15, -0.1) is 5.10 Å². The molecule has 0 aromatic carbocycles. The smallest absolute Gasteiger partial charge is 0.138 e. The Morgan fingerprint density at radius 2 is 2.38 bits per heavy atom. The van der Waals surface area contributed by atoms with Crippen molar-refractivity contribution in [2.75, 3.05) is 0 Å². The molecule has 2 rings (SSSR count). The number of hydrogen-bond donors (Lipinski definition) is 0. The van der Waals surface area contributed by atoms with E-state index in [0.29, 0.717) is 6.54 Å². The summed E-state index contributed by atoms with van der Waals surface area (Å²) in [7, 11) is 0. The highest BCUT2D eigenvalue weighted by Crippen LogP contribution is 2.06. The molecule has 0 radical (unpaired) electrons. The van der Waals surface area contributed by atoms with Crippen molar-refractivity contribution < 1.29 is 0 Å². The second-order valence-electron chi connectivity index (χ2n) is 3.45. The van der Waals surface area contributed by atoms with Crippen LogP contribution >= 0.6 is 0 Å². The first-order chi connectivity index (χ1) is 7.88. The third kappa shape index (κ3) is 2.73. The molecule has 0 spiro atoms. The van der Waals surface area contributed by atoms with Crippen LogP contribution in [-0.4, -0.2) is 25.2 Å². The zero-order chi connectivity index (χ0) is 11.2. The van der Waals surface area contributed by atoms with E-state index in [0.717, 1.165) is 12.1 Å². The van der Waals surface area contributed by atoms with Crippen LogP contribution in [0.3, 0.4) is 0 Å². The van der Waals surface area contributed by atoms with Crippen LogP contribution in [0.1, 0.15) is 12.6 Å². The molecule has 0 amide bonds. The molecule has 2 heterocycles. The van der Waals surface area contributed by atoms with Gasteiger partial charge in [-0.2, -0.15) is 0 Å². The Balaban J connectivity index is 2.02. The van der Waals surface area contributed by atoms with E-state index in [-0.39, 0.29) is 0 Å². The normalized spacial score (nSPS) is 11.7. The van der Waals surface area contributed by atoms with Crippen molar-refractivity contribution >= 4 is 0 Å². The van der Waals surface area contributed by atoms with Crippen molar-refractivity contribution in [3.8, 4) is 0 Å². The van der Waals surface area contributed by atoms with E-state index in [2.05, 4.69) is 26.6 Å².